The Morgan fingerprint density at radius 3 is 2.38 bits per heavy atom. The van der Waals surface area contributed by atoms with Crippen LogP contribution in [0.15, 0.2) is 54.6 Å². The third kappa shape index (κ3) is 6.24. The highest BCUT2D eigenvalue weighted by Gasteiger charge is 2.22. The molecule has 0 unspecified atom stereocenters. The summed E-state index contributed by atoms with van der Waals surface area (Å²) in [6.45, 7) is 7.36. The molecule has 0 radical (unpaired) electrons. The van der Waals surface area contributed by atoms with E-state index in [9.17, 15) is 9.59 Å². The molecule has 0 saturated carbocycles. The maximum atomic E-state index is 12.5. The molecule has 138 valence electrons. The summed E-state index contributed by atoms with van der Waals surface area (Å²) in [5, 5.41) is 2.56. The van der Waals surface area contributed by atoms with Gasteiger partial charge < -0.3 is 14.8 Å². The largest absolute Gasteiger partial charge is 0.489 e. The second-order valence-corrected chi connectivity index (χ2v) is 7.03. The molecule has 0 spiro atoms. The van der Waals surface area contributed by atoms with E-state index in [1.165, 1.54) is 0 Å². The Hall–Kier alpha value is -2.82. The van der Waals surface area contributed by atoms with E-state index in [1.807, 2.05) is 30.3 Å². The number of ether oxygens (including phenoxy) is 2. The molecule has 5 heteroatoms. The number of amides is 1. The number of hydrogen-bond donors (Lipinski definition) is 1. The number of benzene rings is 2. The van der Waals surface area contributed by atoms with Gasteiger partial charge in [0.2, 0.25) is 0 Å². The number of hydrogen-bond acceptors (Lipinski definition) is 4. The van der Waals surface area contributed by atoms with Crippen molar-refractivity contribution >= 4 is 11.9 Å². The Balaban J connectivity index is 1.97. The van der Waals surface area contributed by atoms with Crippen LogP contribution in [0.1, 0.15) is 43.6 Å². The van der Waals surface area contributed by atoms with Gasteiger partial charge in [0.05, 0.1) is 6.04 Å². The van der Waals surface area contributed by atoms with Gasteiger partial charge in [0.1, 0.15) is 18.0 Å². The van der Waals surface area contributed by atoms with E-state index in [-0.39, 0.29) is 5.78 Å². The van der Waals surface area contributed by atoms with Gasteiger partial charge in [-0.05, 0) is 45.4 Å². The molecule has 1 N–H and O–H groups in total. The summed E-state index contributed by atoms with van der Waals surface area (Å²) in [6, 6.07) is 16.0. The van der Waals surface area contributed by atoms with Crippen molar-refractivity contribution in [2.75, 3.05) is 0 Å². The molecular formula is C21H25NO4. The average Bonchev–Trinajstić information content (AvgIpc) is 2.58. The molecule has 1 atom stereocenters. The van der Waals surface area contributed by atoms with Gasteiger partial charge >= 0.3 is 6.09 Å². The molecule has 0 aliphatic rings. The fourth-order valence-corrected chi connectivity index (χ4v) is 2.28. The number of alkyl carbamates (subject to hydrolysis) is 1. The quantitative estimate of drug-likeness (QED) is 0.782. The molecule has 0 fully saturated rings. The van der Waals surface area contributed by atoms with Crippen LogP contribution in [-0.4, -0.2) is 23.5 Å². The van der Waals surface area contributed by atoms with E-state index >= 15 is 0 Å². The molecule has 2 aromatic rings. The zero-order chi connectivity index (χ0) is 19.2. The summed E-state index contributed by atoms with van der Waals surface area (Å²) in [7, 11) is 0. The Kier molecular flexibility index (Phi) is 6.39. The predicted molar refractivity (Wildman–Crippen MR) is 100 cm³/mol. The summed E-state index contributed by atoms with van der Waals surface area (Å²) in [4.78, 5) is 24.4. The maximum Gasteiger partial charge on any atom is 0.408 e. The predicted octanol–water partition coefficient (Wildman–Crippen LogP) is 4.36. The molecular weight excluding hydrogens is 330 g/mol. The SMILES string of the molecule is C[C@H](NC(=O)OC(C)(C)C)C(=O)c1cccc(OCc2ccccc2)c1. The fourth-order valence-electron chi connectivity index (χ4n) is 2.28. The van der Waals surface area contributed by atoms with Crippen molar-refractivity contribution in [2.45, 2.75) is 45.9 Å². The van der Waals surface area contributed by atoms with Crippen LogP contribution >= 0.6 is 0 Å². The minimum absolute atomic E-state index is 0.207. The van der Waals surface area contributed by atoms with Gasteiger partial charge in [0, 0.05) is 5.56 Å². The molecule has 5 nitrogen and oxygen atoms in total. The van der Waals surface area contributed by atoms with Crippen LogP contribution in [0.3, 0.4) is 0 Å². The third-order valence-electron chi connectivity index (χ3n) is 3.49. The Bertz CT molecular complexity index is 750. The molecule has 2 rings (SSSR count). The number of carbonyl (C=O) groups excluding carboxylic acids is 2. The van der Waals surface area contributed by atoms with Crippen molar-refractivity contribution in [2.24, 2.45) is 0 Å². The normalized spacial score (nSPS) is 12.2. The van der Waals surface area contributed by atoms with Gasteiger partial charge in [-0.25, -0.2) is 4.79 Å². The molecule has 0 heterocycles. The standard InChI is InChI=1S/C21H25NO4/c1-15(22-20(24)26-21(2,3)4)19(23)17-11-8-12-18(13-17)25-14-16-9-6-5-7-10-16/h5-13,15H,14H2,1-4H3,(H,22,24)/t15-/m0/s1. The molecule has 0 aromatic heterocycles. The first-order valence-corrected chi connectivity index (χ1v) is 8.55. The van der Waals surface area contributed by atoms with Gasteiger partial charge in [-0.2, -0.15) is 0 Å². The number of nitrogens with one attached hydrogen (secondary N) is 1. The van der Waals surface area contributed by atoms with E-state index < -0.39 is 17.7 Å². The summed E-state index contributed by atoms with van der Waals surface area (Å²) in [5.41, 5.74) is 0.904. The highest BCUT2D eigenvalue weighted by Crippen LogP contribution is 2.17. The molecule has 0 saturated heterocycles. The van der Waals surface area contributed by atoms with Crippen molar-refractivity contribution in [3.05, 3.63) is 65.7 Å². The van der Waals surface area contributed by atoms with Crippen molar-refractivity contribution in [3.8, 4) is 5.75 Å². The van der Waals surface area contributed by atoms with Crippen LogP contribution in [0.4, 0.5) is 4.79 Å². The van der Waals surface area contributed by atoms with E-state index in [0.29, 0.717) is 17.9 Å². The van der Waals surface area contributed by atoms with Crippen LogP contribution in [0, 0.1) is 0 Å². The van der Waals surface area contributed by atoms with Crippen LogP contribution in [0.2, 0.25) is 0 Å². The van der Waals surface area contributed by atoms with E-state index in [0.717, 1.165) is 5.56 Å². The molecule has 2 aromatic carbocycles. The first-order chi connectivity index (χ1) is 12.2. The highest BCUT2D eigenvalue weighted by molar-refractivity contribution is 6.01. The second kappa shape index (κ2) is 8.52. The average molecular weight is 355 g/mol. The Morgan fingerprint density at radius 1 is 1.04 bits per heavy atom. The third-order valence-corrected chi connectivity index (χ3v) is 3.49. The van der Waals surface area contributed by atoms with E-state index in [4.69, 9.17) is 9.47 Å². The zero-order valence-electron chi connectivity index (χ0n) is 15.6. The lowest BCUT2D eigenvalue weighted by molar-refractivity contribution is 0.0497. The second-order valence-electron chi connectivity index (χ2n) is 7.03. The van der Waals surface area contributed by atoms with Crippen LogP contribution in [-0.2, 0) is 11.3 Å². The topological polar surface area (TPSA) is 64.6 Å². The smallest absolute Gasteiger partial charge is 0.408 e. The van der Waals surface area contributed by atoms with E-state index in [1.54, 1.807) is 52.0 Å². The summed E-state index contributed by atoms with van der Waals surface area (Å²) < 4.78 is 10.9. The van der Waals surface area contributed by atoms with Gasteiger partial charge in [-0.3, -0.25) is 4.79 Å². The van der Waals surface area contributed by atoms with Gasteiger partial charge in [-0.15, -0.1) is 0 Å². The van der Waals surface area contributed by atoms with Crippen LogP contribution in [0.5, 0.6) is 5.75 Å². The summed E-state index contributed by atoms with van der Waals surface area (Å²) in [5.74, 6) is 0.394. The minimum Gasteiger partial charge on any atom is -0.489 e. The van der Waals surface area contributed by atoms with Gasteiger partial charge in [0.25, 0.3) is 0 Å². The van der Waals surface area contributed by atoms with Crippen molar-refractivity contribution < 1.29 is 19.1 Å². The number of carbonyl (C=O) groups is 2. The van der Waals surface area contributed by atoms with Crippen molar-refractivity contribution in [1.82, 2.24) is 5.32 Å². The molecule has 0 aliphatic carbocycles. The van der Waals surface area contributed by atoms with Gasteiger partial charge in [0.15, 0.2) is 5.78 Å². The first kappa shape index (κ1) is 19.5. The lowest BCUT2D eigenvalue weighted by Crippen LogP contribution is -2.41. The number of rotatable bonds is 6. The lowest BCUT2D eigenvalue weighted by Gasteiger charge is -2.21. The molecule has 0 bridgehead atoms. The van der Waals surface area contributed by atoms with Gasteiger partial charge in [-0.1, -0.05) is 42.5 Å². The maximum absolute atomic E-state index is 12.5. The number of Topliss-reactive ketones (excluding diaryl/α,β-unsaturated/α-hetero) is 1. The van der Waals surface area contributed by atoms with Crippen molar-refractivity contribution in [3.63, 3.8) is 0 Å². The summed E-state index contributed by atoms with van der Waals surface area (Å²) in [6.07, 6.45) is -0.616. The first-order valence-electron chi connectivity index (χ1n) is 8.55. The summed E-state index contributed by atoms with van der Waals surface area (Å²) >= 11 is 0. The lowest BCUT2D eigenvalue weighted by atomic mass is 10.1. The molecule has 26 heavy (non-hydrogen) atoms. The monoisotopic (exact) mass is 355 g/mol. The van der Waals surface area contributed by atoms with Crippen LogP contribution < -0.4 is 10.1 Å². The Labute approximate surface area is 154 Å². The zero-order valence-corrected chi connectivity index (χ0v) is 15.6. The highest BCUT2D eigenvalue weighted by atomic mass is 16.6. The molecule has 1 amide bonds. The van der Waals surface area contributed by atoms with Crippen LogP contribution in [0.25, 0.3) is 0 Å². The molecule has 0 aliphatic heterocycles. The minimum atomic E-state index is -0.700. The van der Waals surface area contributed by atoms with E-state index in [2.05, 4.69) is 5.32 Å². The Morgan fingerprint density at radius 2 is 1.73 bits per heavy atom. The fraction of sp³-hybridized carbons (Fsp3) is 0.333. The van der Waals surface area contributed by atoms with Crippen molar-refractivity contribution in [1.29, 1.82) is 0 Å². The number of ketones is 1.